The molecule has 2 heterocycles. The Bertz CT molecular complexity index is 475. The molecule has 0 aromatic heterocycles. The van der Waals surface area contributed by atoms with E-state index in [9.17, 15) is 20.1 Å². The van der Waals surface area contributed by atoms with Crippen LogP contribution in [0.25, 0.3) is 0 Å². The van der Waals surface area contributed by atoms with Gasteiger partial charge in [-0.25, -0.2) is 0 Å². The van der Waals surface area contributed by atoms with E-state index >= 15 is 0 Å². The second-order valence-corrected chi connectivity index (χ2v) is 8.82. The lowest BCUT2D eigenvalue weighted by Gasteiger charge is -2.44. The molecule has 1 amide bonds. The third-order valence-electron chi connectivity index (χ3n) is 5.40. The lowest BCUT2D eigenvalue weighted by Crippen LogP contribution is -2.65. The Kier molecular flexibility index (Phi) is 10.7. The molecule has 0 aliphatic carbocycles. The van der Waals surface area contributed by atoms with Crippen molar-refractivity contribution >= 4 is 41.7 Å². The van der Waals surface area contributed by atoms with Crippen LogP contribution in [-0.2, 0) is 9.53 Å². The van der Waals surface area contributed by atoms with Gasteiger partial charge in [0.2, 0.25) is 5.91 Å². The highest BCUT2D eigenvalue weighted by atomic mass is 35.5. The summed E-state index contributed by atoms with van der Waals surface area (Å²) in [5.74, 6) is 0.325. The third kappa shape index (κ3) is 6.09. The first-order valence-electron chi connectivity index (χ1n) is 9.20. The van der Waals surface area contributed by atoms with Crippen molar-refractivity contribution in [3.8, 4) is 0 Å². The first-order valence-corrected chi connectivity index (χ1v) is 10.9. The van der Waals surface area contributed by atoms with Crippen LogP contribution in [0.15, 0.2) is 0 Å². The fraction of sp³-hybridized carbons (Fsp3) is 0.941. The Hall–Kier alpha value is 0.200. The molecule has 2 aliphatic heterocycles. The van der Waals surface area contributed by atoms with Gasteiger partial charge in [0, 0.05) is 0 Å². The van der Waals surface area contributed by atoms with Gasteiger partial charge in [-0.1, -0.05) is 13.3 Å². The number of hydrogen-bond acceptors (Lipinski definition) is 7. The first-order chi connectivity index (χ1) is 12.3. The zero-order valence-corrected chi connectivity index (χ0v) is 18.3. The quantitative estimate of drug-likeness (QED) is 0.377. The number of piperidine rings is 1. The van der Waals surface area contributed by atoms with Crippen LogP contribution in [0.4, 0.5) is 0 Å². The molecular formula is C17H32Cl2N2O5S. The summed E-state index contributed by atoms with van der Waals surface area (Å²) in [7, 11) is 0. The number of amides is 1. The molecule has 9 atom stereocenters. The van der Waals surface area contributed by atoms with E-state index in [4.69, 9.17) is 16.3 Å². The van der Waals surface area contributed by atoms with E-state index in [2.05, 4.69) is 17.6 Å². The number of carbonyl (C=O) groups excluding carboxylic acids is 1. The SMILES string of the molecule is CC[C@@H]1CCN[C@H](C(=O)NC(C(C)Cl)[C@H]2O[C@H](SC)[C@H](O)[C@@H](O)[C@H]2O)C1.Cl. The number of halogens is 2. The minimum atomic E-state index is -1.36. The number of rotatable bonds is 6. The van der Waals surface area contributed by atoms with Crippen molar-refractivity contribution in [1.29, 1.82) is 0 Å². The number of nitrogens with one attached hydrogen (secondary N) is 2. The predicted molar refractivity (Wildman–Crippen MR) is 109 cm³/mol. The highest BCUT2D eigenvalue weighted by molar-refractivity contribution is 7.99. The van der Waals surface area contributed by atoms with Gasteiger partial charge in [0.05, 0.1) is 17.5 Å². The van der Waals surface area contributed by atoms with Crippen LogP contribution in [0.3, 0.4) is 0 Å². The van der Waals surface area contributed by atoms with Crippen LogP contribution < -0.4 is 10.6 Å². The van der Waals surface area contributed by atoms with Crippen molar-refractivity contribution in [2.45, 2.75) is 80.4 Å². The van der Waals surface area contributed by atoms with E-state index in [1.165, 1.54) is 11.8 Å². The van der Waals surface area contributed by atoms with Gasteiger partial charge in [-0.2, -0.15) is 0 Å². The zero-order valence-electron chi connectivity index (χ0n) is 15.9. The van der Waals surface area contributed by atoms with E-state index in [1.54, 1.807) is 13.2 Å². The minimum Gasteiger partial charge on any atom is -0.388 e. The molecule has 10 heteroatoms. The lowest BCUT2D eigenvalue weighted by molar-refractivity contribution is -0.205. The molecule has 5 N–H and O–H groups in total. The highest BCUT2D eigenvalue weighted by Crippen LogP contribution is 2.30. The molecule has 0 radical (unpaired) electrons. The van der Waals surface area contributed by atoms with Gasteiger partial charge in [0.1, 0.15) is 29.9 Å². The minimum absolute atomic E-state index is 0. The highest BCUT2D eigenvalue weighted by Gasteiger charge is 2.48. The van der Waals surface area contributed by atoms with Gasteiger partial charge < -0.3 is 30.7 Å². The van der Waals surface area contributed by atoms with Gasteiger partial charge in [-0.05, 0) is 38.5 Å². The average Bonchev–Trinajstić information content (AvgIpc) is 2.64. The lowest BCUT2D eigenvalue weighted by atomic mass is 9.89. The smallest absolute Gasteiger partial charge is 0.237 e. The largest absolute Gasteiger partial charge is 0.388 e. The number of aliphatic hydroxyl groups is 3. The van der Waals surface area contributed by atoms with Crippen LogP contribution in [0.2, 0.25) is 0 Å². The van der Waals surface area contributed by atoms with Crippen molar-refractivity contribution < 1.29 is 24.9 Å². The summed E-state index contributed by atoms with van der Waals surface area (Å²) in [5, 5.41) is 36.1. The number of aliphatic hydroxyl groups excluding tert-OH is 3. The number of carbonyl (C=O) groups is 1. The molecule has 0 aromatic carbocycles. The monoisotopic (exact) mass is 446 g/mol. The van der Waals surface area contributed by atoms with Crippen LogP contribution in [0.1, 0.15) is 33.1 Å². The van der Waals surface area contributed by atoms with E-state index < -0.39 is 41.3 Å². The van der Waals surface area contributed by atoms with Gasteiger partial charge in [-0.15, -0.1) is 35.8 Å². The van der Waals surface area contributed by atoms with Crippen LogP contribution in [0.5, 0.6) is 0 Å². The van der Waals surface area contributed by atoms with Crippen LogP contribution >= 0.6 is 35.8 Å². The van der Waals surface area contributed by atoms with Crippen molar-refractivity contribution in [3.63, 3.8) is 0 Å². The fourth-order valence-electron chi connectivity index (χ4n) is 3.66. The van der Waals surface area contributed by atoms with Gasteiger partial charge >= 0.3 is 0 Å². The summed E-state index contributed by atoms with van der Waals surface area (Å²) in [6.07, 6.45) is -0.236. The Morgan fingerprint density at radius 1 is 1.33 bits per heavy atom. The Morgan fingerprint density at radius 3 is 2.56 bits per heavy atom. The molecule has 0 bridgehead atoms. The molecule has 0 aromatic rings. The topological polar surface area (TPSA) is 111 Å². The van der Waals surface area contributed by atoms with E-state index in [-0.39, 0.29) is 24.4 Å². The van der Waals surface area contributed by atoms with Crippen LogP contribution in [0, 0.1) is 5.92 Å². The molecule has 2 unspecified atom stereocenters. The van der Waals surface area contributed by atoms with Crippen molar-refractivity contribution in [3.05, 3.63) is 0 Å². The standard InChI is InChI=1S/C17H31ClN2O5S.ClH/c1-4-9-5-6-19-10(7-9)16(24)20-11(8(2)18)15-13(22)12(21)14(23)17(25-15)26-3;/h8-15,17,19,21-23H,4-7H2,1-3H3,(H,20,24);1H/t8?,9-,10+,11?,12+,13-,14-,15-,17-;/m1./s1. The Balaban J connectivity index is 0.00000364. The molecule has 27 heavy (non-hydrogen) atoms. The van der Waals surface area contributed by atoms with Crippen molar-refractivity contribution in [2.75, 3.05) is 12.8 Å². The summed E-state index contributed by atoms with van der Waals surface area (Å²) in [5.41, 5.74) is -0.703. The second kappa shape index (κ2) is 11.4. The molecular weight excluding hydrogens is 415 g/mol. The third-order valence-corrected chi connectivity index (χ3v) is 6.53. The average molecular weight is 447 g/mol. The van der Waals surface area contributed by atoms with E-state index in [0.717, 1.165) is 25.8 Å². The zero-order chi connectivity index (χ0) is 19.4. The summed E-state index contributed by atoms with van der Waals surface area (Å²) >= 11 is 7.51. The molecule has 0 saturated carbocycles. The predicted octanol–water partition coefficient (Wildman–Crippen LogP) is 0.469. The molecule has 0 spiro atoms. The van der Waals surface area contributed by atoms with Gasteiger partial charge in [0.15, 0.2) is 0 Å². The normalized spacial score (nSPS) is 39.1. The molecule has 2 saturated heterocycles. The maximum absolute atomic E-state index is 12.7. The van der Waals surface area contributed by atoms with E-state index in [1.807, 2.05) is 0 Å². The number of hydrogen-bond donors (Lipinski definition) is 5. The first kappa shape index (κ1) is 25.2. The number of alkyl halides is 1. The van der Waals surface area contributed by atoms with E-state index in [0.29, 0.717) is 5.92 Å². The molecule has 160 valence electrons. The summed E-state index contributed by atoms with van der Waals surface area (Å²) in [6, 6.07) is -1.00. The Morgan fingerprint density at radius 2 is 2.00 bits per heavy atom. The molecule has 2 fully saturated rings. The molecule has 2 aliphatic rings. The maximum atomic E-state index is 12.7. The summed E-state index contributed by atoms with van der Waals surface area (Å²) in [6.45, 7) is 4.62. The number of ether oxygens (including phenoxy) is 1. The second-order valence-electron chi connectivity index (χ2n) is 7.19. The van der Waals surface area contributed by atoms with Crippen LogP contribution in [-0.4, -0.2) is 81.3 Å². The molecule has 2 rings (SSSR count). The maximum Gasteiger partial charge on any atom is 0.237 e. The van der Waals surface area contributed by atoms with Gasteiger partial charge in [-0.3, -0.25) is 4.79 Å². The summed E-state index contributed by atoms with van der Waals surface area (Å²) in [4.78, 5) is 12.7. The van der Waals surface area contributed by atoms with Crippen molar-refractivity contribution in [2.24, 2.45) is 5.92 Å². The molecule has 7 nitrogen and oxygen atoms in total. The van der Waals surface area contributed by atoms with Gasteiger partial charge in [0.25, 0.3) is 0 Å². The summed E-state index contributed by atoms with van der Waals surface area (Å²) < 4.78 is 5.77. The van der Waals surface area contributed by atoms with Crippen molar-refractivity contribution in [1.82, 2.24) is 10.6 Å². The Labute approximate surface area is 176 Å². The fourth-order valence-corrected chi connectivity index (χ4v) is 4.54. The number of thioether (sulfide) groups is 1.